The summed E-state index contributed by atoms with van der Waals surface area (Å²) in [5, 5.41) is 2.73. The van der Waals surface area contributed by atoms with Gasteiger partial charge in [0.15, 0.2) is 6.61 Å². The number of methoxy groups -OCH3 is 1. The van der Waals surface area contributed by atoms with E-state index in [1.54, 1.807) is 23.9 Å². The summed E-state index contributed by atoms with van der Waals surface area (Å²) >= 11 is 1.55. The summed E-state index contributed by atoms with van der Waals surface area (Å²) in [7, 11) is 1.49. The minimum atomic E-state index is -0.596. The van der Waals surface area contributed by atoms with Crippen LogP contribution in [0.25, 0.3) is 0 Å². The van der Waals surface area contributed by atoms with Crippen molar-refractivity contribution in [3.05, 3.63) is 53.6 Å². The van der Waals surface area contributed by atoms with Gasteiger partial charge in [0.2, 0.25) is 0 Å². The van der Waals surface area contributed by atoms with Gasteiger partial charge in [0.1, 0.15) is 11.3 Å². The predicted molar refractivity (Wildman–Crippen MR) is 109 cm³/mol. The van der Waals surface area contributed by atoms with Crippen LogP contribution in [-0.2, 0) is 9.53 Å². The van der Waals surface area contributed by atoms with E-state index in [1.165, 1.54) is 12.7 Å². The Bertz CT molecular complexity index is 789. The maximum absolute atomic E-state index is 12.2. The third-order valence-electron chi connectivity index (χ3n) is 4.34. The molecule has 0 saturated carbocycles. The molecule has 1 amide bonds. The molecular formula is C21H25NO4S. The fourth-order valence-electron chi connectivity index (χ4n) is 2.50. The number of carbonyl (C=O) groups is 2. The zero-order chi connectivity index (χ0) is 19.8. The number of hydrogen-bond donors (Lipinski definition) is 1. The monoisotopic (exact) mass is 387 g/mol. The molecule has 2 aromatic rings. The molecule has 0 radical (unpaired) electrons. The minimum absolute atomic E-state index is 0.293. The molecular weight excluding hydrogens is 362 g/mol. The molecule has 0 heterocycles. The molecule has 0 aliphatic heterocycles. The van der Waals surface area contributed by atoms with E-state index < -0.39 is 5.97 Å². The average Bonchev–Trinajstić information content (AvgIpc) is 2.71. The number of carbonyl (C=O) groups excluding carboxylic acids is 2. The van der Waals surface area contributed by atoms with Crippen LogP contribution in [-0.4, -0.2) is 31.8 Å². The van der Waals surface area contributed by atoms with Crippen molar-refractivity contribution in [2.24, 2.45) is 0 Å². The number of amides is 1. The standard InChI is InChI=1S/C21H25NO4S/c1-5-14(2)15-6-8-16(9-7-15)22-20(23)13-26-21(24)18-11-10-17(27-4)12-19(18)25-3/h6-12,14H,5,13H2,1-4H3,(H,22,23)/t14-/m0/s1. The van der Waals surface area contributed by atoms with Gasteiger partial charge in [-0.15, -0.1) is 11.8 Å². The van der Waals surface area contributed by atoms with Crippen molar-refractivity contribution in [3.63, 3.8) is 0 Å². The quantitative estimate of drug-likeness (QED) is 0.524. The number of hydrogen-bond acceptors (Lipinski definition) is 5. The molecule has 6 heteroatoms. The second-order valence-corrected chi connectivity index (χ2v) is 7.00. The van der Waals surface area contributed by atoms with Gasteiger partial charge in [-0.05, 0) is 54.5 Å². The second-order valence-electron chi connectivity index (χ2n) is 6.12. The van der Waals surface area contributed by atoms with Crippen LogP contribution in [0.1, 0.15) is 42.1 Å². The maximum Gasteiger partial charge on any atom is 0.342 e. The summed E-state index contributed by atoms with van der Waals surface area (Å²) in [6, 6.07) is 12.9. The maximum atomic E-state index is 12.2. The van der Waals surface area contributed by atoms with E-state index in [0.717, 1.165) is 11.3 Å². The lowest BCUT2D eigenvalue weighted by molar-refractivity contribution is -0.119. The smallest absolute Gasteiger partial charge is 0.342 e. The fourth-order valence-corrected chi connectivity index (χ4v) is 2.93. The van der Waals surface area contributed by atoms with Gasteiger partial charge in [-0.2, -0.15) is 0 Å². The summed E-state index contributed by atoms with van der Waals surface area (Å²) < 4.78 is 10.4. The van der Waals surface area contributed by atoms with Crippen LogP contribution < -0.4 is 10.1 Å². The molecule has 27 heavy (non-hydrogen) atoms. The molecule has 1 N–H and O–H groups in total. The van der Waals surface area contributed by atoms with E-state index in [4.69, 9.17) is 9.47 Å². The van der Waals surface area contributed by atoms with Crippen molar-refractivity contribution in [1.82, 2.24) is 0 Å². The number of thioether (sulfide) groups is 1. The Kier molecular flexibility index (Phi) is 7.73. The second kappa shape index (κ2) is 10.0. The topological polar surface area (TPSA) is 64.6 Å². The third kappa shape index (κ3) is 5.76. The molecule has 0 aliphatic carbocycles. The van der Waals surface area contributed by atoms with Crippen molar-refractivity contribution in [2.75, 3.05) is 25.3 Å². The molecule has 0 spiro atoms. The highest BCUT2D eigenvalue weighted by Crippen LogP contribution is 2.26. The predicted octanol–water partition coefficient (Wildman–Crippen LogP) is 4.73. The van der Waals surface area contributed by atoms with Crippen LogP contribution in [0.3, 0.4) is 0 Å². The van der Waals surface area contributed by atoms with Gasteiger partial charge in [0.25, 0.3) is 5.91 Å². The first-order valence-electron chi connectivity index (χ1n) is 8.77. The fraction of sp³-hybridized carbons (Fsp3) is 0.333. The van der Waals surface area contributed by atoms with Crippen LogP contribution in [0.4, 0.5) is 5.69 Å². The van der Waals surface area contributed by atoms with Crippen molar-refractivity contribution >= 4 is 29.3 Å². The first-order valence-corrected chi connectivity index (χ1v) is 9.99. The van der Waals surface area contributed by atoms with Gasteiger partial charge < -0.3 is 14.8 Å². The molecule has 0 unspecified atom stereocenters. The van der Waals surface area contributed by atoms with Gasteiger partial charge in [0, 0.05) is 10.6 Å². The highest BCUT2D eigenvalue weighted by atomic mass is 32.2. The molecule has 2 aromatic carbocycles. The van der Waals surface area contributed by atoms with Crippen LogP contribution in [0.2, 0.25) is 0 Å². The minimum Gasteiger partial charge on any atom is -0.496 e. The van der Waals surface area contributed by atoms with Crippen LogP contribution in [0.5, 0.6) is 5.75 Å². The van der Waals surface area contributed by atoms with Gasteiger partial charge in [-0.25, -0.2) is 4.79 Å². The van der Waals surface area contributed by atoms with E-state index >= 15 is 0 Å². The molecule has 0 fully saturated rings. The highest BCUT2D eigenvalue weighted by molar-refractivity contribution is 7.98. The Labute approximate surface area is 164 Å². The average molecular weight is 388 g/mol. The van der Waals surface area contributed by atoms with Crippen molar-refractivity contribution < 1.29 is 19.1 Å². The van der Waals surface area contributed by atoms with Crippen molar-refractivity contribution in [2.45, 2.75) is 31.1 Å². The van der Waals surface area contributed by atoms with Gasteiger partial charge >= 0.3 is 5.97 Å². The summed E-state index contributed by atoms with van der Waals surface area (Å²) in [4.78, 5) is 25.3. The number of benzene rings is 2. The summed E-state index contributed by atoms with van der Waals surface area (Å²) in [5.41, 5.74) is 2.19. The third-order valence-corrected chi connectivity index (χ3v) is 5.06. The summed E-state index contributed by atoms with van der Waals surface area (Å²) in [5.74, 6) is -0.0859. The highest BCUT2D eigenvalue weighted by Gasteiger charge is 2.16. The molecule has 0 aliphatic rings. The van der Waals surface area contributed by atoms with E-state index in [-0.39, 0.29) is 12.5 Å². The van der Waals surface area contributed by atoms with E-state index in [2.05, 4.69) is 19.2 Å². The molecule has 0 aromatic heterocycles. The summed E-state index contributed by atoms with van der Waals surface area (Å²) in [6.45, 7) is 3.94. The Morgan fingerprint density at radius 2 is 1.85 bits per heavy atom. The van der Waals surface area contributed by atoms with E-state index in [1.807, 2.05) is 36.6 Å². The normalized spacial score (nSPS) is 11.6. The first-order chi connectivity index (χ1) is 13.0. The van der Waals surface area contributed by atoms with Crippen LogP contribution in [0, 0.1) is 0 Å². The van der Waals surface area contributed by atoms with Crippen LogP contribution >= 0.6 is 11.8 Å². The van der Waals surface area contributed by atoms with E-state index in [9.17, 15) is 9.59 Å². The molecule has 1 atom stereocenters. The van der Waals surface area contributed by atoms with Gasteiger partial charge in [0.05, 0.1) is 7.11 Å². The molecule has 5 nitrogen and oxygen atoms in total. The Morgan fingerprint density at radius 3 is 2.44 bits per heavy atom. The Hall–Kier alpha value is -2.47. The first kappa shape index (κ1) is 20.8. The van der Waals surface area contributed by atoms with Crippen molar-refractivity contribution in [3.8, 4) is 5.75 Å². The number of nitrogens with one attached hydrogen (secondary N) is 1. The lowest BCUT2D eigenvalue weighted by atomic mass is 9.99. The zero-order valence-corrected chi connectivity index (χ0v) is 16.9. The van der Waals surface area contributed by atoms with Gasteiger partial charge in [-0.1, -0.05) is 26.0 Å². The molecule has 2 rings (SSSR count). The zero-order valence-electron chi connectivity index (χ0n) is 16.1. The van der Waals surface area contributed by atoms with Gasteiger partial charge in [-0.3, -0.25) is 4.79 Å². The lowest BCUT2D eigenvalue weighted by Crippen LogP contribution is -2.21. The molecule has 144 valence electrons. The summed E-state index contributed by atoms with van der Waals surface area (Å²) in [6.07, 6.45) is 3.00. The number of esters is 1. The lowest BCUT2D eigenvalue weighted by Gasteiger charge is -2.11. The number of ether oxygens (including phenoxy) is 2. The number of rotatable bonds is 8. The largest absolute Gasteiger partial charge is 0.496 e. The number of anilines is 1. The van der Waals surface area contributed by atoms with Crippen LogP contribution in [0.15, 0.2) is 47.4 Å². The molecule has 0 saturated heterocycles. The van der Waals surface area contributed by atoms with E-state index in [0.29, 0.717) is 22.9 Å². The Morgan fingerprint density at radius 1 is 1.15 bits per heavy atom. The Balaban J connectivity index is 1.92. The molecule has 0 bridgehead atoms. The SMILES string of the molecule is CC[C@H](C)c1ccc(NC(=O)COC(=O)c2ccc(SC)cc2OC)cc1. The van der Waals surface area contributed by atoms with Crippen molar-refractivity contribution in [1.29, 1.82) is 0 Å².